The molecule has 0 aliphatic rings. The predicted molar refractivity (Wildman–Crippen MR) is 150 cm³/mol. The number of carbonyl (C=O) groups is 4. The highest BCUT2D eigenvalue weighted by Gasteiger charge is 2.38. The molecule has 3 N–H and O–H groups in total. The smallest absolute Gasteiger partial charge is 0.480 e. The third-order valence-corrected chi connectivity index (χ3v) is 7.28. The summed E-state index contributed by atoms with van der Waals surface area (Å²) in [5, 5.41) is 9.99. The third-order valence-electron chi connectivity index (χ3n) is 7.28. The van der Waals surface area contributed by atoms with Crippen molar-refractivity contribution in [2.45, 2.75) is 106 Å². The van der Waals surface area contributed by atoms with Crippen LogP contribution in [0.2, 0.25) is 0 Å². The van der Waals surface area contributed by atoms with Crippen LogP contribution in [0, 0.1) is 23.7 Å². The van der Waals surface area contributed by atoms with Gasteiger partial charge in [0.05, 0.1) is 11.8 Å². The van der Waals surface area contributed by atoms with E-state index in [9.17, 15) is 24.3 Å². The van der Waals surface area contributed by atoms with Gasteiger partial charge in [0.2, 0.25) is 0 Å². The molecule has 0 saturated carbocycles. The molecule has 0 fully saturated rings. The number of rotatable bonds is 14. The molecular formula is C30H47NO9. The van der Waals surface area contributed by atoms with Gasteiger partial charge in [0.15, 0.2) is 11.5 Å². The summed E-state index contributed by atoms with van der Waals surface area (Å²) in [7, 11) is 0. The van der Waals surface area contributed by atoms with Crippen molar-refractivity contribution in [1.29, 1.82) is 0 Å². The minimum atomic E-state index is -1.84. The largest absolute Gasteiger partial charge is 0.509 e. The van der Waals surface area contributed by atoms with Crippen molar-refractivity contribution in [3.05, 3.63) is 23.8 Å². The second-order valence-electron chi connectivity index (χ2n) is 11.9. The molecule has 0 heterocycles. The summed E-state index contributed by atoms with van der Waals surface area (Å²) >= 11 is 0. The Morgan fingerprint density at radius 2 is 1.38 bits per heavy atom. The third kappa shape index (κ3) is 10.4. The fraction of sp³-hybridized carbons (Fsp3) is 0.667. The van der Waals surface area contributed by atoms with E-state index < -0.39 is 53.1 Å². The first kappa shape index (κ1) is 34.9. The highest BCUT2D eigenvalue weighted by molar-refractivity contribution is 5.80. The number of nitrogens with two attached hydrogens (primary N) is 1. The molecule has 1 aromatic rings. The van der Waals surface area contributed by atoms with Crippen LogP contribution < -0.4 is 15.2 Å². The van der Waals surface area contributed by atoms with Crippen LogP contribution in [0.15, 0.2) is 18.2 Å². The van der Waals surface area contributed by atoms with E-state index in [4.69, 9.17) is 24.7 Å². The molecule has 1 aromatic carbocycles. The van der Waals surface area contributed by atoms with E-state index in [0.29, 0.717) is 12.0 Å². The van der Waals surface area contributed by atoms with Crippen molar-refractivity contribution in [1.82, 2.24) is 0 Å². The van der Waals surface area contributed by atoms with Crippen LogP contribution in [0.4, 0.5) is 4.79 Å². The maximum absolute atomic E-state index is 12.8. The van der Waals surface area contributed by atoms with E-state index in [-0.39, 0.29) is 36.2 Å². The summed E-state index contributed by atoms with van der Waals surface area (Å²) < 4.78 is 21.7. The first-order chi connectivity index (χ1) is 18.3. The lowest BCUT2D eigenvalue weighted by Crippen LogP contribution is -2.52. The highest BCUT2D eigenvalue weighted by Crippen LogP contribution is 2.33. The SMILES string of the molecule is CCC(C)(C)OC(=O)O[C@@H](C)CC(N)(Cc1ccc(OC(=O)C(C)C(C)C)c(OC(=O)C(C)C(C)C)c1)C(=O)O. The van der Waals surface area contributed by atoms with Crippen molar-refractivity contribution in [3.63, 3.8) is 0 Å². The van der Waals surface area contributed by atoms with Gasteiger partial charge in [-0.25, -0.2) is 4.79 Å². The number of esters is 2. The van der Waals surface area contributed by atoms with Crippen LogP contribution in [-0.2, 0) is 30.3 Å². The minimum Gasteiger partial charge on any atom is -0.480 e. The number of carboxylic acids is 1. The van der Waals surface area contributed by atoms with Crippen molar-refractivity contribution in [2.75, 3.05) is 0 Å². The van der Waals surface area contributed by atoms with Gasteiger partial charge in [-0.1, -0.05) is 54.5 Å². The van der Waals surface area contributed by atoms with Crippen molar-refractivity contribution >= 4 is 24.1 Å². The number of benzene rings is 1. The molecule has 0 aliphatic carbocycles. The summed E-state index contributed by atoms with van der Waals surface area (Å²) in [6, 6.07) is 4.46. The van der Waals surface area contributed by atoms with Crippen LogP contribution in [0.5, 0.6) is 11.5 Å². The summed E-state index contributed by atoms with van der Waals surface area (Å²) in [4.78, 5) is 49.8. The quantitative estimate of drug-likeness (QED) is 0.218. The number of hydrogen-bond acceptors (Lipinski definition) is 9. The number of ether oxygens (including phenoxy) is 4. The average molecular weight is 566 g/mol. The number of hydrogen-bond donors (Lipinski definition) is 2. The Kier molecular flexibility index (Phi) is 12.6. The first-order valence-electron chi connectivity index (χ1n) is 13.8. The Bertz CT molecular complexity index is 1050. The lowest BCUT2D eigenvalue weighted by Gasteiger charge is -2.29. The van der Waals surface area contributed by atoms with E-state index in [0.717, 1.165) is 0 Å². The summed E-state index contributed by atoms with van der Waals surface area (Å²) in [5.74, 6) is -3.10. The molecule has 40 heavy (non-hydrogen) atoms. The molecule has 0 radical (unpaired) electrons. The first-order valence-corrected chi connectivity index (χ1v) is 13.8. The van der Waals surface area contributed by atoms with Gasteiger partial charge in [0.1, 0.15) is 17.2 Å². The zero-order chi connectivity index (χ0) is 31.0. The van der Waals surface area contributed by atoms with Crippen LogP contribution in [-0.4, -0.2) is 46.4 Å². The van der Waals surface area contributed by atoms with E-state index in [1.54, 1.807) is 33.8 Å². The molecule has 10 heteroatoms. The lowest BCUT2D eigenvalue weighted by molar-refractivity contribution is -0.145. The van der Waals surface area contributed by atoms with Gasteiger partial charge in [0.25, 0.3) is 0 Å². The standard InChI is InChI=1S/C30H47NO9/c1-11-29(9,10)40-28(36)37-19(6)15-30(31,27(34)35)16-22-12-13-23(38-25(32)20(7)17(2)3)24(14-22)39-26(33)21(8)18(4)5/h12-14,17-21H,11,15-16,31H2,1-10H3,(H,34,35)/t19-,20?,21?,30?/m0/s1. The predicted octanol–water partition coefficient (Wildman–Crippen LogP) is 5.53. The molecule has 0 spiro atoms. The Morgan fingerprint density at radius 1 is 0.875 bits per heavy atom. The van der Waals surface area contributed by atoms with Crippen LogP contribution in [0.25, 0.3) is 0 Å². The van der Waals surface area contributed by atoms with E-state index in [1.165, 1.54) is 19.1 Å². The molecule has 3 unspecified atom stereocenters. The van der Waals surface area contributed by atoms with Crippen molar-refractivity contribution < 1.29 is 43.2 Å². The number of aliphatic carboxylic acids is 1. The van der Waals surface area contributed by atoms with Gasteiger partial charge in [-0.3, -0.25) is 14.4 Å². The highest BCUT2D eigenvalue weighted by atomic mass is 16.7. The van der Waals surface area contributed by atoms with Crippen molar-refractivity contribution in [2.24, 2.45) is 29.4 Å². The van der Waals surface area contributed by atoms with Crippen LogP contribution >= 0.6 is 0 Å². The zero-order valence-electron chi connectivity index (χ0n) is 25.5. The summed E-state index contributed by atoms with van der Waals surface area (Å²) in [6.45, 7) is 17.9. The number of carboxylic acid groups (broad SMARTS) is 1. The van der Waals surface area contributed by atoms with E-state index in [2.05, 4.69) is 0 Å². The van der Waals surface area contributed by atoms with Gasteiger partial charge in [-0.2, -0.15) is 0 Å². The monoisotopic (exact) mass is 565 g/mol. The minimum absolute atomic E-state index is 0.00225. The van der Waals surface area contributed by atoms with Gasteiger partial charge in [-0.05, 0) is 56.7 Å². The summed E-state index contributed by atoms with van der Waals surface area (Å²) in [6.07, 6.45) is -1.62. The second-order valence-corrected chi connectivity index (χ2v) is 11.9. The Labute approximate surface area is 237 Å². The van der Waals surface area contributed by atoms with E-state index in [1.807, 2.05) is 34.6 Å². The van der Waals surface area contributed by atoms with Crippen LogP contribution in [0.1, 0.15) is 87.6 Å². The topological polar surface area (TPSA) is 151 Å². The van der Waals surface area contributed by atoms with Gasteiger partial charge in [-0.15, -0.1) is 0 Å². The van der Waals surface area contributed by atoms with Crippen LogP contribution in [0.3, 0.4) is 0 Å². The molecule has 0 aliphatic heterocycles. The molecule has 10 nitrogen and oxygen atoms in total. The molecule has 226 valence electrons. The second kappa shape index (κ2) is 14.5. The average Bonchev–Trinajstić information content (AvgIpc) is 2.83. The fourth-order valence-corrected chi connectivity index (χ4v) is 3.41. The summed E-state index contributed by atoms with van der Waals surface area (Å²) in [5.41, 5.74) is 4.16. The van der Waals surface area contributed by atoms with Crippen molar-refractivity contribution in [3.8, 4) is 11.5 Å². The molecule has 4 atom stereocenters. The van der Waals surface area contributed by atoms with Gasteiger partial charge < -0.3 is 29.8 Å². The zero-order valence-corrected chi connectivity index (χ0v) is 25.5. The fourth-order valence-electron chi connectivity index (χ4n) is 3.41. The normalized spacial score (nSPS) is 15.5. The Hall–Kier alpha value is -3.14. The molecule has 0 amide bonds. The Balaban J connectivity index is 3.26. The number of carbonyl (C=O) groups excluding carboxylic acids is 3. The molecule has 1 rings (SSSR count). The molecule has 0 aromatic heterocycles. The van der Waals surface area contributed by atoms with E-state index >= 15 is 0 Å². The van der Waals surface area contributed by atoms with Gasteiger partial charge in [0, 0.05) is 12.8 Å². The van der Waals surface area contributed by atoms with Gasteiger partial charge >= 0.3 is 24.1 Å². The molecule has 0 saturated heterocycles. The molecule has 0 bridgehead atoms. The lowest BCUT2D eigenvalue weighted by atomic mass is 9.86. The maximum Gasteiger partial charge on any atom is 0.509 e. The maximum atomic E-state index is 12.8. The molecular weight excluding hydrogens is 518 g/mol. The Morgan fingerprint density at radius 3 is 1.82 bits per heavy atom.